The molecule has 5 N–H and O–H groups in total. The molecule has 0 radical (unpaired) electrons. The van der Waals surface area contributed by atoms with Gasteiger partial charge in [-0.05, 0) is 54.3 Å². The Kier molecular flexibility index (Phi) is 5.22. The van der Waals surface area contributed by atoms with Gasteiger partial charge in [-0.3, -0.25) is 5.10 Å². The van der Waals surface area contributed by atoms with Crippen molar-refractivity contribution in [1.29, 1.82) is 0 Å². The Bertz CT molecular complexity index is 1480. The van der Waals surface area contributed by atoms with Gasteiger partial charge in [0, 0.05) is 46.9 Å². The molecule has 8 heteroatoms. The van der Waals surface area contributed by atoms with E-state index in [-0.39, 0.29) is 0 Å². The molecule has 0 saturated heterocycles. The number of nitrogen functional groups attached to an aromatic ring is 1. The molecule has 1 fully saturated rings. The summed E-state index contributed by atoms with van der Waals surface area (Å²) in [5.41, 5.74) is 11.9. The lowest BCUT2D eigenvalue weighted by atomic mass is 9.95. The highest BCUT2D eigenvalue weighted by Crippen LogP contribution is 2.33. The van der Waals surface area contributed by atoms with Gasteiger partial charge in [-0.2, -0.15) is 9.49 Å². The van der Waals surface area contributed by atoms with Gasteiger partial charge in [0.05, 0.1) is 11.2 Å². The molecule has 4 aromatic heterocycles. The van der Waals surface area contributed by atoms with E-state index in [9.17, 15) is 4.39 Å². The van der Waals surface area contributed by atoms with Crippen molar-refractivity contribution >= 4 is 27.8 Å². The van der Waals surface area contributed by atoms with E-state index in [0.717, 1.165) is 44.3 Å². The van der Waals surface area contributed by atoms with Crippen molar-refractivity contribution in [3.8, 4) is 22.4 Å². The lowest BCUT2D eigenvalue weighted by molar-refractivity contribution is 0.370. The molecule has 1 aromatic carbocycles. The average Bonchev–Trinajstić information content (AvgIpc) is 3.46. The first-order valence-corrected chi connectivity index (χ1v) is 11.8. The highest BCUT2D eigenvalue weighted by atomic mass is 19.1. The van der Waals surface area contributed by atoms with Gasteiger partial charge in [0.25, 0.3) is 0 Å². The second-order valence-electron chi connectivity index (χ2n) is 9.06. The van der Waals surface area contributed by atoms with Gasteiger partial charge in [0.1, 0.15) is 5.65 Å². The Hall–Kier alpha value is -3.78. The van der Waals surface area contributed by atoms with Crippen molar-refractivity contribution < 1.29 is 4.39 Å². The number of hydrogen-bond acceptors (Lipinski definition) is 5. The number of aromatic nitrogens is 5. The van der Waals surface area contributed by atoms with Crippen LogP contribution in [0.25, 0.3) is 44.3 Å². The molecule has 1 saturated carbocycles. The van der Waals surface area contributed by atoms with Gasteiger partial charge < -0.3 is 16.0 Å². The standard InChI is InChI=1S/C26H26FN7/c27-24-12-16(10-18(31-24)14-30-17-4-2-1-3-5-17)23-13-20-19(8-9-29-26(20)32-23)15-6-7-22-21(11-15)25(28)34-33-22/h6-13,17,30H,1-5,14H2,(H,29,32)(H3,28,33,34). The normalized spacial score (nSPS) is 14.9. The summed E-state index contributed by atoms with van der Waals surface area (Å²) in [6, 6.07) is 13.9. The van der Waals surface area contributed by atoms with E-state index in [1.807, 2.05) is 36.4 Å². The first kappa shape index (κ1) is 20.8. The fourth-order valence-electron chi connectivity index (χ4n) is 4.99. The lowest BCUT2D eigenvalue weighted by Gasteiger charge is -2.22. The molecule has 6 rings (SSSR count). The van der Waals surface area contributed by atoms with Gasteiger partial charge in [0.2, 0.25) is 5.95 Å². The Morgan fingerprint density at radius 3 is 2.76 bits per heavy atom. The third-order valence-electron chi connectivity index (χ3n) is 6.77. The number of benzene rings is 1. The highest BCUT2D eigenvalue weighted by Gasteiger charge is 2.15. The zero-order valence-electron chi connectivity index (χ0n) is 18.7. The summed E-state index contributed by atoms with van der Waals surface area (Å²) in [4.78, 5) is 12.0. The summed E-state index contributed by atoms with van der Waals surface area (Å²) in [6.07, 6.45) is 7.94. The zero-order chi connectivity index (χ0) is 23.1. The summed E-state index contributed by atoms with van der Waals surface area (Å²) in [5, 5.41) is 12.4. The molecule has 0 atom stereocenters. The molecule has 5 aromatic rings. The second-order valence-corrected chi connectivity index (χ2v) is 9.06. The second kappa shape index (κ2) is 8.53. The fourth-order valence-corrected chi connectivity index (χ4v) is 4.99. The number of rotatable bonds is 5. The molecule has 0 amide bonds. The quantitative estimate of drug-likeness (QED) is 0.269. The first-order chi connectivity index (χ1) is 16.6. The maximum Gasteiger partial charge on any atom is 0.213 e. The first-order valence-electron chi connectivity index (χ1n) is 11.8. The summed E-state index contributed by atoms with van der Waals surface area (Å²) >= 11 is 0. The van der Waals surface area contributed by atoms with E-state index in [2.05, 4.69) is 30.5 Å². The van der Waals surface area contributed by atoms with Gasteiger partial charge in [-0.15, -0.1) is 0 Å². The van der Waals surface area contributed by atoms with Gasteiger partial charge in [-0.1, -0.05) is 25.3 Å². The van der Waals surface area contributed by atoms with E-state index >= 15 is 0 Å². The Morgan fingerprint density at radius 1 is 1.00 bits per heavy atom. The SMILES string of the molecule is Nc1n[nH]c2ccc(-c3ccnc4[nH]c(-c5cc(F)nc(CNC6CCCCC6)c5)cc34)cc12. The van der Waals surface area contributed by atoms with Crippen LogP contribution in [-0.4, -0.2) is 31.2 Å². The van der Waals surface area contributed by atoms with Crippen molar-refractivity contribution in [2.75, 3.05) is 5.73 Å². The monoisotopic (exact) mass is 455 g/mol. The molecule has 4 heterocycles. The van der Waals surface area contributed by atoms with Crippen LogP contribution in [0, 0.1) is 5.95 Å². The molecule has 0 bridgehead atoms. The topological polar surface area (TPSA) is 108 Å². The van der Waals surface area contributed by atoms with Crippen LogP contribution < -0.4 is 11.1 Å². The number of nitrogens with zero attached hydrogens (tertiary/aromatic N) is 3. The molecule has 0 spiro atoms. The summed E-state index contributed by atoms with van der Waals surface area (Å²) in [6.45, 7) is 0.561. The van der Waals surface area contributed by atoms with E-state index in [4.69, 9.17) is 5.73 Å². The molecule has 7 nitrogen and oxygen atoms in total. The van der Waals surface area contributed by atoms with E-state index in [1.54, 1.807) is 6.20 Å². The molecule has 172 valence electrons. The van der Waals surface area contributed by atoms with Crippen LogP contribution in [0.5, 0.6) is 0 Å². The minimum atomic E-state index is -0.481. The van der Waals surface area contributed by atoms with Crippen LogP contribution >= 0.6 is 0 Å². The number of anilines is 1. The van der Waals surface area contributed by atoms with Crippen LogP contribution in [0.15, 0.2) is 48.7 Å². The van der Waals surface area contributed by atoms with Crippen molar-refractivity contribution in [1.82, 2.24) is 30.5 Å². The summed E-state index contributed by atoms with van der Waals surface area (Å²) in [7, 11) is 0. The molecule has 1 aliphatic rings. The van der Waals surface area contributed by atoms with E-state index in [0.29, 0.717) is 24.1 Å². The van der Waals surface area contributed by atoms with Gasteiger partial charge >= 0.3 is 0 Å². The molecular formula is C26H26FN7. The summed E-state index contributed by atoms with van der Waals surface area (Å²) < 4.78 is 14.4. The maximum atomic E-state index is 14.4. The number of hydrogen-bond donors (Lipinski definition) is 4. The molecular weight excluding hydrogens is 429 g/mol. The molecule has 34 heavy (non-hydrogen) atoms. The van der Waals surface area contributed by atoms with E-state index < -0.39 is 5.95 Å². The molecule has 0 unspecified atom stereocenters. The number of nitrogens with one attached hydrogen (secondary N) is 3. The molecule has 0 aliphatic heterocycles. The van der Waals surface area contributed by atoms with Crippen LogP contribution in [0.3, 0.4) is 0 Å². The van der Waals surface area contributed by atoms with Crippen LogP contribution in [0.1, 0.15) is 37.8 Å². The van der Waals surface area contributed by atoms with Crippen LogP contribution in [0.2, 0.25) is 0 Å². The predicted molar refractivity (Wildman–Crippen MR) is 132 cm³/mol. The maximum absolute atomic E-state index is 14.4. The van der Waals surface area contributed by atoms with Crippen molar-refractivity contribution in [3.63, 3.8) is 0 Å². The zero-order valence-corrected chi connectivity index (χ0v) is 18.7. The minimum Gasteiger partial charge on any atom is -0.382 e. The largest absolute Gasteiger partial charge is 0.382 e. The highest BCUT2D eigenvalue weighted by molar-refractivity contribution is 5.99. The predicted octanol–water partition coefficient (Wildman–Crippen LogP) is 5.31. The Labute approximate surface area is 196 Å². The van der Waals surface area contributed by atoms with Crippen LogP contribution in [0.4, 0.5) is 10.2 Å². The average molecular weight is 456 g/mol. The number of H-pyrrole nitrogens is 2. The Morgan fingerprint density at radius 2 is 1.88 bits per heavy atom. The minimum absolute atomic E-state index is 0.471. The fraction of sp³-hybridized carbons (Fsp3) is 0.269. The number of nitrogens with two attached hydrogens (primary N) is 1. The van der Waals surface area contributed by atoms with Crippen molar-refractivity contribution in [2.45, 2.75) is 44.7 Å². The van der Waals surface area contributed by atoms with Crippen molar-refractivity contribution in [3.05, 3.63) is 60.3 Å². The number of halogens is 1. The van der Waals surface area contributed by atoms with E-state index in [1.165, 1.54) is 38.2 Å². The third kappa shape index (κ3) is 3.90. The summed E-state index contributed by atoms with van der Waals surface area (Å²) in [5.74, 6) is -0.01000. The number of fused-ring (bicyclic) bond motifs is 2. The molecule has 1 aliphatic carbocycles. The third-order valence-corrected chi connectivity index (χ3v) is 6.77. The van der Waals surface area contributed by atoms with Crippen LogP contribution in [-0.2, 0) is 6.54 Å². The lowest BCUT2D eigenvalue weighted by Crippen LogP contribution is -2.30. The van der Waals surface area contributed by atoms with Crippen molar-refractivity contribution in [2.24, 2.45) is 0 Å². The Balaban J connectivity index is 1.34. The number of aromatic amines is 2. The smallest absolute Gasteiger partial charge is 0.213 e. The van der Waals surface area contributed by atoms with Gasteiger partial charge in [0.15, 0.2) is 5.82 Å². The number of pyridine rings is 2. The van der Waals surface area contributed by atoms with Gasteiger partial charge in [-0.25, -0.2) is 9.97 Å².